The Bertz CT molecular complexity index is 4370. The van der Waals surface area contributed by atoms with E-state index >= 15 is 0 Å². The predicted molar refractivity (Wildman–Crippen MR) is 311 cm³/mol. The van der Waals surface area contributed by atoms with Crippen LogP contribution in [0.3, 0.4) is 0 Å². The lowest BCUT2D eigenvalue weighted by Crippen LogP contribution is -2.44. The second-order valence-electron chi connectivity index (χ2n) is 23.2. The van der Waals surface area contributed by atoms with Crippen molar-refractivity contribution in [3.63, 3.8) is 0 Å². The first kappa shape index (κ1) is 43.2. The maximum atomic E-state index is 3.59. The summed E-state index contributed by atoms with van der Waals surface area (Å²) in [5.41, 5.74) is 27.2. The van der Waals surface area contributed by atoms with Crippen molar-refractivity contribution in [3.8, 4) is 33.6 Å². The van der Waals surface area contributed by atoms with Crippen LogP contribution < -0.4 is 15.5 Å². The summed E-state index contributed by atoms with van der Waals surface area (Å²) in [7, 11) is 0. The zero-order valence-corrected chi connectivity index (χ0v) is 43.2. The number of aromatic nitrogens is 2. The van der Waals surface area contributed by atoms with E-state index in [9.17, 15) is 0 Å². The maximum absolute atomic E-state index is 3.59. The van der Waals surface area contributed by atoms with Gasteiger partial charge in [-0.2, -0.15) is 0 Å². The lowest BCUT2D eigenvalue weighted by atomic mass is 9.75. The summed E-state index contributed by atoms with van der Waals surface area (Å²) >= 11 is 0. The van der Waals surface area contributed by atoms with Gasteiger partial charge in [-0.3, -0.25) is 0 Å². The molecule has 2 aromatic heterocycles. The minimum atomic E-state index is -0.413. The first-order valence-corrected chi connectivity index (χ1v) is 26.5. The Morgan fingerprint density at radius 3 is 1.84 bits per heavy atom. The second-order valence-corrected chi connectivity index (χ2v) is 23.2. The van der Waals surface area contributed by atoms with Gasteiger partial charge in [-0.1, -0.05) is 169 Å². The molecule has 10 aromatic rings. The molecule has 0 saturated heterocycles. The molecule has 74 heavy (non-hydrogen) atoms. The van der Waals surface area contributed by atoms with Crippen LogP contribution in [0.5, 0.6) is 0 Å². The van der Waals surface area contributed by atoms with Crippen molar-refractivity contribution in [2.45, 2.75) is 76.7 Å². The SMILES string of the molecule is CC1(C)C2=CC(C)(N(c3ccccc3)c3cc(-n4c5ccccc5c5ccccc54)cc4c3C(C)(C)c3cc5c(cc3-4)C(C)(C)c3cc(-n4c6c(c7ccccc74)=C=CC=CC=6)ccc3-5)CC=C2c2ccccc21. The van der Waals surface area contributed by atoms with Gasteiger partial charge in [0.2, 0.25) is 0 Å². The van der Waals surface area contributed by atoms with Crippen LogP contribution in [0, 0.1) is 0 Å². The fourth-order valence-corrected chi connectivity index (χ4v) is 14.4. The minimum Gasteiger partial charge on any atom is -0.331 e. The molecule has 0 fully saturated rings. The summed E-state index contributed by atoms with van der Waals surface area (Å²) in [6.07, 6.45) is 14.5. The molecule has 0 N–H and O–H groups in total. The molecule has 3 nitrogen and oxygen atoms in total. The molecule has 5 aliphatic carbocycles. The van der Waals surface area contributed by atoms with Gasteiger partial charge in [0.25, 0.3) is 0 Å². The van der Waals surface area contributed by atoms with E-state index in [2.05, 4.69) is 268 Å². The van der Waals surface area contributed by atoms with Crippen molar-refractivity contribution in [2.75, 3.05) is 4.90 Å². The lowest BCUT2D eigenvalue weighted by molar-refractivity contribution is 0.545. The summed E-state index contributed by atoms with van der Waals surface area (Å²) in [4.78, 5) is 2.72. The average Bonchev–Trinajstić information content (AvgIpc) is 4.05. The van der Waals surface area contributed by atoms with E-state index in [0.717, 1.165) is 17.0 Å². The minimum absolute atomic E-state index is 0.140. The van der Waals surface area contributed by atoms with Gasteiger partial charge in [0.15, 0.2) is 0 Å². The molecule has 5 aliphatic rings. The van der Waals surface area contributed by atoms with Crippen LogP contribution in [0.4, 0.5) is 11.4 Å². The van der Waals surface area contributed by atoms with Crippen molar-refractivity contribution < 1.29 is 0 Å². The molecule has 15 rings (SSSR count). The molecule has 2 heterocycles. The Morgan fingerprint density at radius 2 is 1.09 bits per heavy atom. The highest BCUT2D eigenvalue weighted by Crippen LogP contribution is 2.61. The largest absolute Gasteiger partial charge is 0.331 e. The zero-order valence-electron chi connectivity index (χ0n) is 43.2. The van der Waals surface area contributed by atoms with E-state index in [-0.39, 0.29) is 16.2 Å². The Morgan fingerprint density at radius 1 is 0.473 bits per heavy atom. The molecule has 3 heteroatoms. The molecule has 1 atom stereocenters. The highest BCUT2D eigenvalue weighted by atomic mass is 15.2. The van der Waals surface area contributed by atoms with E-state index < -0.39 is 5.54 Å². The Labute approximate surface area is 433 Å². The summed E-state index contributed by atoms with van der Waals surface area (Å²) in [6, 6.07) is 64.4. The third-order valence-corrected chi connectivity index (χ3v) is 18.0. The third kappa shape index (κ3) is 5.68. The maximum Gasteiger partial charge on any atom is 0.0646 e. The smallest absolute Gasteiger partial charge is 0.0646 e. The predicted octanol–water partition coefficient (Wildman–Crippen LogP) is 16.2. The number of benzene rings is 8. The van der Waals surface area contributed by atoms with Crippen LogP contribution in [0.25, 0.3) is 83.7 Å². The molecule has 0 spiro atoms. The first-order chi connectivity index (χ1) is 35.8. The van der Waals surface area contributed by atoms with E-state index in [1.807, 2.05) is 6.08 Å². The molecule has 0 bridgehead atoms. The molecular formula is C71H57N3. The number of fused-ring (bicyclic) bond motifs is 15. The van der Waals surface area contributed by atoms with Crippen LogP contribution in [-0.2, 0) is 16.2 Å². The van der Waals surface area contributed by atoms with Gasteiger partial charge < -0.3 is 14.0 Å². The fraction of sp³-hybridized carbons (Fsp3) is 0.169. The number of rotatable bonds is 5. The third-order valence-electron chi connectivity index (χ3n) is 18.0. The summed E-state index contributed by atoms with van der Waals surface area (Å²) in [5, 5.41) is 6.04. The van der Waals surface area contributed by atoms with Gasteiger partial charge in [0, 0.05) is 60.4 Å². The molecule has 0 radical (unpaired) electrons. The summed E-state index contributed by atoms with van der Waals surface area (Å²) in [5.74, 6) is 0. The fourth-order valence-electron chi connectivity index (χ4n) is 14.4. The number of nitrogens with zero attached hydrogens (tertiary/aromatic N) is 3. The van der Waals surface area contributed by atoms with Gasteiger partial charge in [0.1, 0.15) is 0 Å². The zero-order chi connectivity index (χ0) is 50.0. The Kier molecular flexibility index (Phi) is 8.70. The molecule has 8 aromatic carbocycles. The number of hydrogen-bond donors (Lipinski definition) is 0. The normalized spacial score (nSPS) is 18.6. The molecular weight excluding hydrogens is 895 g/mol. The molecule has 1 unspecified atom stereocenters. The van der Waals surface area contributed by atoms with Crippen molar-refractivity contribution in [1.29, 1.82) is 0 Å². The van der Waals surface area contributed by atoms with Gasteiger partial charge in [-0.25, -0.2) is 0 Å². The lowest BCUT2D eigenvalue weighted by Gasteiger charge is -2.46. The van der Waals surface area contributed by atoms with Crippen molar-refractivity contribution in [1.82, 2.24) is 9.13 Å². The number of allylic oxidation sites excluding steroid dienone is 5. The van der Waals surface area contributed by atoms with E-state index in [1.165, 1.54) is 122 Å². The van der Waals surface area contributed by atoms with E-state index in [4.69, 9.17) is 0 Å². The Balaban J connectivity index is 0.974. The second kappa shape index (κ2) is 14.9. The highest BCUT2D eigenvalue weighted by Gasteiger charge is 2.48. The average molecular weight is 952 g/mol. The van der Waals surface area contributed by atoms with Crippen LogP contribution in [0.1, 0.15) is 88.3 Å². The van der Waals surface area contributed by atoms with Crippen molar-refractivity contribution in [2.24, 2.45) is 0 Å². The van der Waals surface area contributed by atoms with Crippen LogP contribution >= 0.6 is 0 Å². The highest BCUT2D eigenvalue weighted by molar-refractivity contribution is 6.10. The number of anilines is 2. The summed E-state index contributed by atoms with van der Waals surface area (Å²) < 4.78 is 4.96. The summed E-state index contributed by atoms with van der Waals surface area (Å²) in [6.45, 7) is 17.2. The van der Waals surface area contributed by atoms with Gasteiger partial charge in [-0.15, -0.1) is 5.73 Å². The molecule has 0 amide bonds. The topological polar surface area (TPSA) is 13.1 Å². The van der Waals surface area contributed by atoms with Crippen LogP contribution in [-0.4, -0.2) is 14.7 Å². The van der Waals surface area contributed by atoms with Gasteiger partial charge in [0.05, 0.1) is 27.4 Å². The van der Waals surface area contributed by atoms with Crippen molar-refractivity contribution in [3.05, 3.63) is 250 Å². The van der Waals surface area contributed by atoms with Gasteiger partial charge in [-0.05, 0) is 159 Å². The Hall–Kier alpha value is -8.36. The monoisotopic (exact) mass is 951 g/mol. The van der Waals surface area contributed by atoms with Gasteiger partial charge >= 0.3 is 0 Å². The molecule has 0 saturated carbocycles. The standard InChI is InChI=1S/C71H57N3/c1-68(2)57-29-18-14-24-47(57)49-36-37-71(7,43-61(49)68)74(44-22-10-8-11-23-44)66-40-46(73-64-32-20-16-27-52(64)53-28-17-21-33-65(53)73)38-56-55-42-59-54(41-60(55)70(5,6)67(56)66)48-35-34-45(39-58(48)69(59,3)4)72-62-30-13-9-12-25-50(62)51-26-15-19-31-63(51)72/h8-24,26-36,38-43H,37H2,1-7H3. The quantitative estimate of drug-likeness (QED) is 0.168. The molecule has 356 valence electrons. The number of para-hydroxylation sites is 4. The van der Waals surface area contributed by atoms with E-state index in [1.54, 1.807) is 0 Å². The van der Waals surface area contributed by atoms with Crippen molar-refractivity contribution >= 4 is 61.5 Å². The van der Waals surface area contributed by atoms with Crippen LogP contribution in [0.15, 0.2) is 206 Å². The number of hydrogen-bond acceptors (Lipinski definition) is 1. The van der Waals surface area contributed by atoms with Crippen LogP contribution in [0.2, 0.25) is 0 Å². The van der Waals surface area contributed by atoms with E-state index in [0.29, 0.717) is 0 Å². The first-order valence-electron chi connectivity index (χ1n) is 26.5. The molecule has 0 aliphatic heterocycles.